The van der Waals surface area contributed by atoms with Crippen molar-refractivity contribution in [2.75, 3.05) is 16.8 Å². The van der Waals surface area contributed by atoms with Crippen LogP contribution in [0.2, 0.25) is 0 Å². The van der Waals surface area contributed by atoms with Crippen molar-refractivity contribution in [2.24, 2.45) is 0 Å². The lowest BCUT2D eigenvalue weighted by molar-refractivity contribution is -0.120. The molecule has 6 heteroatoms. The molecule has 2 rings (SSSR count). The lowest BCUT2D eigenvalue weighted by atomic mass is 10.2. The topological polar surface area (TPSA) is 75.4 Å². The number of anilines is 2. The van der Waals surface area contributed by atoms with Crippen LogP contribution in [0.25, 0.3) is 0 Å². The molecule has 0 atom stereocenters. The van der Waals surface area contributed by atoms with Crippen molar-refractivity contribution < 1.29 is 14.1 Å². The molecule has 1 aromatic carbocycles. The average molecular weight is 287 g/mol. The van der Waals surface area contributed by atoms with Gasteiger partial charge in [0.25, 0.3) is 0 Å². The molecule has 0 saturated heterocycles. The maximum Gasteiger partial charge on any atom is 0.244 e. The zero-order valence-corrected chi connectivity index (χ0v) is 12.2. The lowest BCUT2D eigenvalue weighted by Gasteiger charge is -2.17. The first-order valence-electron chi connectivity index (χ1n) is 6.53. The van der Waals surface area contributed by atoms with E-state index < -0.39 is 0 Å². The molecule has 0 bridgehead atoms. The number of aromatic nitrogens is 1. The minimum atomic E-state index is -0.295. The molecule has 110 valence electrons. The van der Waals surface area contributed by atoms with Crippen molar-refractivity contribution >= 4 is 23.3 Å². The molecule has 1 aromatic heterocycles. The molecule has 6 nitrogen and oxygen atoms in total. The van der Waals surface area contributed by atoms with Crippen LogP contribution in [0.1, 0.15) is 18.2 Å². The van der Waals surface area contributed by atoms with E-state index in [9.17, 15) is 9.59 Å². The molecular formula is C15H17N3O3. The summed E-state index contributed by atoms with van der Waals surface area (Å²) in [4.78, 5) is 25.0. The highest BCUT2D eigenvalue weighted by molar-refractivity contribution is 6.01. The molecule has 0 spiro atoms. The molecule has 1 N–H and O–H groups in total. The molecule has 0 unspecified atom stereocenters. The Morgan fingerprint density at radius 3 is 2.62 bits per heavy atom. The summed E-state index contributed by atoms with van der Waals surface area (Å²) in [5.74, 6) is 0.342. The van der Waals surface area contributed by atoms with Crippen LogP contribution in [-0.2, 0) is 9.59 Å². The fourth-order valence-electron chi connectivity index (χ4n) is 1.90. The zero-order chi connectivity index (χ0) is 15.4. The summed E-state index contributed by atoms with van der Waals surface area (Å²) in [7, 11) is 0. The van der Waals surface area contributed by atoms with Gasteiger partial charge in [0, 0.05) is 18.7 Å². The van der Waals surface area contributed by atoms with Gasteiger partial charge in [-0.3, -0.25) is 14.5 Å². The third kappa shape index (κ3) is 3.92. The maximum atomic E-state index is 12.1. The van der Waals surface area contributed by atoms with Crippen molar-refractivity contribution in [3.8, 4) is 0 Å². The number of carbonyl (C=O) groups is 2. The second-order valence-corrected chi connectivity index (χ2v) is 4.82. The quantitative estimate of drug-likeness (QED) is 0.936. The fourth-order valence-corrected chi connectivity index (χ4v) is 1.90. The van der Waals surface area contributed by atoms with E-state index in [-0.39, 0.29) is 18.4 Å². The molecule has 0 aliphatic carbocycles. The Balaban J connectivity index is 2.07. The summed E-state index contributed by atoms with van der Waals surface area (Å²) in [6.45, 7) is 4.93. The zero-order valence-electron chi connectivity index (χ0n) is 12.2. The molecule has 0 fully saturated rings. The fraction of sp³-hybridized carbons (Fsp3) is 0.267. The van der Waals surface area contributed by atoms with Gasteiger partial charge in [0.15, 0.2) is 5.82 Å². The van der Waals surface area contributed by atoms with Crippen LogP contribution in [0.3, 0.4) is 0 Å². The van der Waals surface area contributed by atoms with E-state index in [0.29, 0.717) is 17.3 Å². The van der Waals surface area contributed by atoms with E-state index in [1.807, 2.05) is 25.1 Å². The molecule has 2 aromatic rings. The first kappa shape index (κ1) is 14.8. The predicted octanol–water partition coefficient (Wildman–Crippen LogP) is 2.28. The summed E-state index contributed by atoms with van der Waals surface area (Å²) in [5.41, 5.74) is 1.74. The minimum Gasteiger partial charge on any atom is -0.360 e. The van der Waals surface area contributed by atoms with Crippen molar-refractivity contribution in [3.63, 3.8) is 0 Å². The molecule has 2 amide bonds. The highest BCUT2D eigenvalue weighted by Crippen LogP contribution is 2.15. The molecule has 1 heterocycles. The van der Waals surface area contributed by atoms with E-state index in [1.165, 1.54) is 11.8 Å². The largest absolute Gasteiger partial charge is 0.360 e. The van der Waals surface area contributed by atoms with Gasteiger partial charge in [-0.15, -0.1) is 0 Å². The number of carbonyl (C=O) groups excluding carboxylic acids is 2. The second-order valence-electron chi connectivity index (χ2n) is 4.82. The number of nitrogens with one attached hydrogen (secondary N) is 1. The Kier molecular flexibility index (Phi) is 4.37. The van der Waals surface area contributed by atoms with Crippen LogP contribution < -0.4 is 10.2 Å². The van der Waals surface area contributed by atoms with Crippen LogP contribution in [0.5, 0.6) is 0 Å². The van der Waals surface area contributed by atoms with Crippen molar-refractivity contribution in [2.45, 2.75) is 20.8 Å². The van der Waals surface area contributed by atoms with Gasteiger partial charge < -0.3 is 9.84 Å². The number of hydrogen-bond donors (Lipinski definition) is 1. The highest BCUT2D eigenvalue weighted by atomic mass is 16.5. The summed E-state index contributed by atoms with van der Waals surface area (Å²) >= 11 is 0. The third-order valence-electron chi connectivity index (χ3n) is 2.88. The Hall–Kier alpha value is -2.63. The molecule has 0 aliphatic rings. The van der Waals surface area contributed by atoms with E-state index in [4.69, 9.17) is 4.52 Å². The van der Waals surface area contributed by atoms with E-state index in [1.54, 1.807) is 19.1 Å². The number of nitrogens with zero attached hydrogens (tertiary/aromatic N) is 2. The van der Waals surface area contributed by atoms with Crippen LogP contribution in [-0.4, -0.2) is 23.5 Å². The highest BCUT2D eigenvalue weighted by Gasteiger charge is 2.19. The SMILES string of the molecule is CC(=O)N(CC(=O)Nc1cccc(C)c1)c1cc(C)on1. The first-order valence-corrected chi connectivity index (χ1v) is 6.53. The summed E-state index contributed by atoms with van der Waals surface area (Å²) < 4.78 is 4.94. The molecule has 21 heavy (non-hydrogen) atoms. The number of rotatable bonds is 4. The summed E-state index contributed by atoms with van der Waals surface area (Å²) in [5, 5.41) is 6.52. The Morgan fingerprint density at radius 2 is 2.05 bits per heavy atom. The molecular weight excluding hydrogens is 270 g/mol. The van der Waals surface area contributed by atoms with Gasteiger partial charge in [-0.2, -0.15) is 0 Å². The van der Waals surface area contributed by atoms with E-state index in [2.05, 4.69) is 10.5 Å². The minimum absolute atomic E-state index is 0.116. The van der Waals surface area contributed by atoms with Crippen molar-refractivity contribution in [1.29, 1.82) is 0 Å². The summed E-state index contributed by atoms with van der Waals surface area (Å²) in [6, 6.07) is 9.06. The van der Waals surface area contributed by atoms with Gasteiger partial charge >= 0.3 is 0 Å². The van der Waals surface area contributed by atoms with Gasteiger partial charge in [0.05, 0.1) is 0 Å². The predicted molar refractivity (Wildman–Crippen MR) is 79.1 cm³/mol. The monoisotopic (exact) mass is 287 g/mol. The van der Waals surface area contributed by atoms with Gasteiger partial charge in [-0.1, -0.05) is 17.3 Å². The molecule has 0 saturated carbocycles. The summed E-state index contributed by atoms with van der Waals surface area (Å²) in [6.07, 6.45) is 0. The second kappa shape index (κ2) is 6.21. The van der Waals surface area contributed by atoms with Crippen LogP contribution in [0.15, 0.2) is 34.9 Å². The lowest BCUT2D eigenvalue weighted by Crippen LogP contribution is -2.36. The van der Waals surface area contributed by atoms with Crippen LogP contribution in [0.4, 0.5) is 11.5 Å². The van der Waals surface area contributed by atoms with E-state index >= 15 is 0 Å². The van der Waals surface area contributed by atoms with Gasteiger partial charge in [0.2, 0.25) is 11.8 Å². The smallest absolute Gasteiger partial charge is 0.244 e. The number of aryl methyl sites for hydroxylation is 2. The molecule has 0 aliphatic heterocycles. The standard InChI is InChI=1S/C15H17N3O3/c1-10-5-4-6-13(7-10)16-15(20)9-18(12(3)19)14-8-11(2)21-17-14/h4-8H,9H2,1-3H3,(H,16,20). The van der Waals surface area contributed by atoms with Crippen LogP contribution in [0, 0.1) is 13.8 Å². The number of benzene rings is 1. The van der Waals surface area contributed by atoms with Gasteiger partial charge in [-0.25, -0.2) is 0 Å². The van der Waals surface area contributed by atoms with Crippen molar-refractivity contribution in [1.82, 2.24) is 5.16 Å². The van der Waals surface area contributed by atoms with E-state index in [0.717, 1.165) is 5.56 Å². The number of amides is 2. The van der Waals surface area contributed by atoms with Crippen molar-refractivity contribution in [3.05, 3.63) is 41.7 Å². The number of hydrogen-bond acceptors (Lipinski definition) is 4. The normalized spacial score (nSPS) is 10.2. The molecule has 0 radical (unpaired) electrons. The van der Waals surface area contributed by atoms with Gasteiger partial charge in [0.1, 0.15) is 12.3 Å². The first-order chi connectivity index (χ1) is 9.95. The average Bonchev–Trinajstić information content (AvgIpc) is 2.82. The third-order valence-corrected chi connectivity index (χ3v) is 2.88. The van der Waals surface area contributed by atoms with Crippen LogP contribution >= 0.6 is 0 Å². The Bertz CT molecular complexity index is 664. The maximum absolute atomic E-state index is 12.1. The van der Waals surface area contributed by atoms with Gasteiger partial charge in [-0.05, 0) is 31.5 Å². The Morgan fingerprint density at radius 1 is 1.29 bits per heavy atom. The Labute approximate surface area is 122 Å².